The first-order valence-electron chi connectivity index (χ1n) is 5.82. The topological polar surface area (TPSA) is 67.6 Å². The van der Waals surface area contributed by atoms with Crippen LogP contribution in [0.5, 0.6) is 0 Å². The molecule has 3 N–H and O–H groups in total. The Bertz CT molecular complexity index is 657. The maximum atomic E-state index is 6.19. The fourth-order valence-corrected chi connectivity index (χ4v) is 3.00. The molecule has 92 valence electrons. The van der Waals surface area contributed by atoms with Crippen LogP contribution in [0.1, 0.15) is 22.3 Å². The summed E-state index contributed by atoms with van der Waals surface area (Å²) in [5, 5.41) is 0.977. The number of H-pyrrole nitrogens is 1. The third-order valence-electron chi connectivity index (χ3n) is 2.87. The molecule has 4 nitrogen and oxygen atoms in total. The van der Waals surface area contributed by atoms with E-state index in [0.717, 1.165) is 22.6 Å². The van der Waals surface area contributed by atoms with Crippen molar-refractivity contribution in [1.29, 1.82) is 0 Å². The Labute approximate surface area is 109 Å². The first-order valence-corrected chi connectivity index (χ1v) is 6.64. The van der Waals surface area contributed by atoms with Gasteiger partial charge in [0.15, 0.2) is 0 Å². The third kappa shape index (κ3) is 2.14. The Balaban J connectivity index is 1.89. The molecule has 0 amide bonds. The molecule has 1 atom stereocenters. The fraction of sp³-hybridized carbons (Fsp3) is 0.231. The van der Waals surface area contributed by atoms with Crippen molar-refractivity contribution in [3.8, 4) is 0 Å². The minimum absolute atomic E-state index is 0.0804. The van der Waals surface area contributed by atoms with Gasteiger partial charge in [-0.25, -0.2) is 9.97 Å². The molecule has 2 aromatic heterocycles. The molecule has 0 bridgehead atoms. The van der Waals surface area contributed by atoms with Gasteiger partial charge < -0.3 is 10.7 Å². The van der Waals surface area contributed by atoms with Crippen LogP contribution in [-0.2, 0) is 6.42 Å². The molecule has 0 spiro atoms. The van der Waals surface area contributed by atoms with Crippen LogP contribution in [0.25, 0.3) is 10.2 Å². The summed E-state index contributed by atoms with van der Waals surface area (Å²) in [5.74, 6) is 0. The zero-order valence-electron chi connectivity index (χ0n) is 10.1. The molecule has 0 radical (unpaired) electrons. The molecule has 1 aromatic carbocycles. The summed E-state index contributed by atoms with van der Waals surface area (Å²) in [6.45, 7) is 2.09. The van der Waals surface area contributed by atoms with Gasteiger partial charge in [-0.1, -0.05) is 6.07 Å². The smallest absolute Gasteiger partial charge is 0.111 e. The van der Waals surface area contributed by atoms with E-state index in [1.54, 1.807) is 23.9 Å². The van der Waals surface area contributed by atoms with Crippen LogP contribution in [-0.4, -0.2) is 15.0 Å². The number of hydrogen-bond donors (Lipinski definition) is 2. The molecule has 0 fully saturated rings. The second-order valence-electron chi connectivity index (χ2n) is 4.41. The maximum absolute atomic E-state index is 6.19. The second-order valence-corrected chi connectivity index (χ2v) is 5.47. The summed E-state index contributed by atoms with van der Waals surface area (Å²) in [5.41, 5.74) is 9.51. The molecule has 2 heterocycles. The van der Waals surface area contributed by atoms with Gasteiger partial charge in [0.2, 0.25) is 0 Å². The molecular formula is C13H14N4S. The molecule has 0 aliphatic rings. The lowest BCUT2D eigenvalue weighted by Crippen LogP contribution is -2.13. The van der Waals surface area contributed by atoms with E-state index < -0.39 is 0 Å². The zero-order chi connectivity index (χ0) is 12.5. The van der Waals surface area contributed by atoms with E-state index in [4.69, 9.17) is 5.73 Å². The summed E-state index contributed by atoms with van der Waals surface area (Å²) in [7, 11) is 0. The van der Waals surface area contributed by atoms with E-state index in [2.05, 4.69) is 34.0 Å². The molecule has 0 aliphatic heterocycles. The predicted octanol–water partition coefficient (Wildman–Crippen LogP) is 2.57. The lowest BCUT2D eigenvalue weighted by Gasteiger charge is -2.05. The van der Waals surface area contributed by atoms with Crippen molar-refractivity contribution in [3.05, 3.63) is 47.0 Å². The number of aryl methyl sites for hydroxylation is 1. The van der Waals surface area contributed by atoms with Gasteiger partial charge in [-0.2, -0.15) is 0 Å². The van der Waals surface area contributed by atoms with Gasteiger partial charge in [0.05, 0.1) is 22.6 Å². The number of hydrogen-bond acceptors (Lipinski definition) is 4. The minimum atomic E-state index is -0.0804. The van der Waals surface area contributed by atoms with Gasteiger partial charge >= 0.3 is 0 Å². The van der Waals surface area contributed by atoms with E-state index in [-0.39, 0.29) is 6.04 Å². The average molecular weight is 258 g/mol. The number of fused-ring (bicyclic) bond motifs is 1. The molecule has 5 heteroatoms. The molecule has 0 saturated heterocycles. The van der Waals surface area contributed by atoms with E-state index in [9.17, 15) is 0 Å². The van der Waals surface area contributed by atoms with Gasteiger partial charge in [0, 0.05) is 18.3 Å². The Kier molecular flexibility index (Phi) is 2.85. The molecule has 0 saturated carbocycles. The molecule has 1 unspecified atom stereocenters. The Morgan fingerprint density at radius 2 is 2.33 bits per heavy atom. The number of aromatic amines is 1. The van der Waals surface area contributed by atoms with Gasteiger partial charge in [-0.05, 0) is 24.6 Å². The van der Waals surface area contributed by atoms with Gasteiger partial charge in [-0.15, -0.1) is 11.3 Å². The van der Waals surface area contributed by atoms with Crippen LogP contribution in [0.2, 0.25) is 0 Å². The summed E-state index contributed by atoms with van der Waals surface area (Å²) in [6, 6.07) is 6.20. The molecular weight excluding hydrogens is 244 g/mol. The average Bonchev–Trinajstić information content (AvgIpc) is 2.96. The van der Waals surface area contributed by atoms with Crippen molar-refractivity contribution in [2.24, 2.45) is 5.73 Å². The molecule has 0 aliphatic carbocycles. The second kappa shape index (κ2) is 4.51. The highest BCUT2D eigenvalue weighted by atomic mass is 32.1. The van der Waals surface area contributed by atoms with Crippen LogP contribution in [0.3, 0.4) is 0 Å². The highest BCUT2D eigenvalue weighted by Gasteiger charge is 2.13. The van der Waals surface area contributed by atoms with Crippen LogP contribution in [0.4, 0.5) is 0 Å². The molecule has 3 rings (SSSR count). The Hall–Kier alpha value is -1.72. The first kappa shape index (κ1) is 11.4. The van der Waals surface area contributed by atoms with E-state index in [1.165, 1.54) is 10.3 Å². The number of thiazole rings is 1. The normalized spacial score (nSPS) is 13.0. The van der Waals surface area contributed by atoms with Gasteiger partial charge in [0.25, 0.3) is 0 Å². The van der Waals surface area contributed by atoms with Gasteiger partial charge in [-0.3, -0.25) is 0 Å². The number of imidazole rings is 1. The monoisotopic (exact) mass is 258 g/mol. The van der Waals surface area contributed by atoms with Crippen molar-refractivity contribution in [3.63, 3.8) is 0 Å². The van der Waals surface area contributed by atoms with E-state index in [1.807, 2.05) is 6.07 Å². The maximum Gasteiger partial charge on any atom is 0.111 e. The Morgan fingerprint density at radius 3 is 3.11 bits per heavy atom. The molecule has 18 heavy (non-hydrogen) atoms. The van der Waals surface area contributed by atoms with Crippen LogP contribution in [0.15, 0.2) is 30.7 Å². The number of benzene rings is 1. The van der Waals surface area contributed by atoms with Crippen LogP contribution >= 0.6 is 11.3 Å². The van der Waals surface area contributed by atoms with Crippen molar-refractivity contribution >= 4 is 21.6 Å². The van der Waals surface area contributed by atoms with Crippen LogP contribution < -0.4 is 5.73 Å². The minimum Gasteiger partial charge on any atom is -0.348 e. The number of nitrogens with one attached hydrogen (secondary N) is 1. The number of aromatic nitrogens is 3. The summed E-state index contributed by atoms with van der Waals surface area (Å²) in [6.07, 6.45) is 4.21. The van der Waals surface area contributed by atoms with Crippen LogP contribution in [0, 0.1) is 6.92 Å². The largest absolute Gasteiger partial charge is 0.348 e. The molecule has 3 aromatic rings. The van der Waals surface area contributed by atoms with Crippen molar-refractivity contribution < 1.29 is 0 Å². The van der Waals surface area contributed by atoms with Gasteiger partial charge in [0.1, 0.15) is 5.01 Å². The quantitative estimate of drug-likeness (QED) is 0.758. The van der Waals surface area contributed by atoms with Crippen molar-refractivity contribution in [2.75, 3.05) is 0 Å². The highest BCUT2D eigenvalue weighted by molar-refractivity contribution is 7.18. The summed E-state index contributed by atoms with van der Waals surface area (Å²) < 4.78 is 1.20. The standard InChI is InChI=1S/C13H14N4S/c1-8-2-3-11-12(4-8)18-13(17-11)10(14)5-9-6-15-7-16-9/h2-4,6-7,10H,5,14H2,1H3,(H,15,16). The highest BCUT2D eigenvalue weighted by Crippen LogP contribution is 2.27. The Morgan fingerprint density at radius 1 is 1.44 bits per heavy atom. The number of nitrogens with zero attached hydrogens (tertiary/aromatic N) is 2. The SMILES string of the molecule is Cc1ccc2nc(C(N)Cc3cnc[nH]3)sc2c1. The summed E-state index contributed by atoms with van der Waals surface area (Å²) >= 11 is 1.67. The van der Waals surface area contributed by atoms with E-state index >= 15 is 0 Å². The first-order chi connectivity index (χ1) is 8.72. The van der Waals surface area contributed by atoms with Crippen molar-refractivity contribution in [1.82, 2.24) is 15.0 Å². The summed E-state index contributed by atoms with van der Waals surface area (Å²) in [4.78, 5) is 11.7. The van der Waals surface area contributed by atoms with Crippen molar-refractivity contribution in [2.45, 2.75) is 19.4 Å². The fourth-order valence-electron chi connectivity index (χ4n) is 1.93. The number of rotatable bonds is 3. The lowest BCUT2D eigenvalue weighted by molar-refractivity contribution is 0.705. The zero-order valence-corrected chi connectivity index (χ0v) is 10.9. The number of nitrogens with two attached hydrogens (primary N) is 1. The van der Waals surface area contributed by atoms with E-state index in [0.29, 0.717) is 0 Å². The third-order valence-corrected chi connectivity index (χ3v) is 4.02. The lowest BCUT2D eigenvalue weighted by atomic mass is 10.2. The predicted molar refractivity (Wildman–Crippen MR) is 73.6 cm³/mol.